The summed E-state index contributed by atoms with van der Waals surface area (Å²) in [5.41, 5.74) is 0.750. The van der Waals surface area contributed by atoms with Crippen LogP contribution in [0.2, 0.25) is 0 Å². The first kappa shape index (κ1) is 11.5. The van der Waals surface area contributed by atoms with E-state index in [1.165, 1.54) is 13.1 Å². The average Bonchev–Trinajstić information content (AvgIpc) is 2.28. The van der Waals surface area contributed by atoms with Gasteiger partial charge in [-0.2, -0.15) is 0 Å². The summed E-state index contributed by atoms with van der Waals surface area (Å²) in [6, 6.07) is 0. The zero-order valence-electron chi connectivity index (χ0n) is 9.81. The average molecular weight is 243 g/mol. The standard InChI is InChI=1S/C10H22GeN2/c1-9(2,3)12-7-8-13(11-12)10(4,5)6/h7-8H2,1-6H3. The Morgan fingerprint density at radius 3 is 1.23 bits per heavy atom. The van der Waals surface area contributed by atoms with E-state index in [0.29, 0.717) is 11.1 Å². The molecular weight excluding hydrogens is 221 g/mol. The van der Waals surface area contributed by atoms with Crippen LogP contribution in [0.15, 0.2) is 0 Å². The molecule has 0 saturated carbocycles. The van der Waals surface area contributed by atoms with Gasteiger partial charge < -0.3 is 0 Å². The molecule has 0 N–H and O–H groups in total. The van der Waals surface area contributed by atoms with Gasteiger partial charge in [0.25, 0.3) is 0 Å². The van der Waals surface area contributed by atoms with Crippen molar-refractivity contribution in [2.45, 2.75) is 52.6 Å². The summed E-state index contributed by atoms with van der Waals surface area (Å²) in [6.07, 6.45) is 0. The number of nitrogens with zero attached hydrogens (tertiary/aromatic N) is 2. The molecule has 2 nitrogen and oxygen atoms in total. The maximum atomic E-state index is 2.66. The van der Waals surface area contributed by atoms with Crippen molar-refractivity contribution in [3.05, 3.63) is 0 Å². The Balaban J connectivity index is 2.55. The van der Waals surface area contributed by atoms with Gasteiger partial charge in [-0.15, -0.1) is 0 Å². The molecule has 0 spiro atoms. The van der Waals surface area contributed by atoms with E-state index in [1.807, 2.05) is 0 Å². The predicted molar refractivity (Wildman–Crippen MR) is 58.7 cm³/mol. The quantitative estimate of drug-likeness (QED) is 0.598. The Kier molecular flexibility index (Phi) is 3.15. The Morgan fingerprint density at radius 2 is 1.08 bits per heavy atom. The molecule has 1 fully saturated rings. The molecule has 0 atom stereocenters. The van der Waals surface area contributed by atoms with Crippen LogP contribution in [0, 0.1) is 0 Å². The second kappa shape index (κ2) is 3.55. The van der Waals surface area contributed by atoms with Gasteiger partial charge in [0, 0.05) is 0 Å². The van der Waals surface area contributed by atoms with E-state index in [1.54, 1.807) is 0 Å². The number of rotatable bonds is 0. The van der Waals surface area contributed by atoms with E-state index in [-0.39, 0.29) is 15.9 Å². The van der Waals surface area contributed by atoms with Gasteiger partial charge in [-0.3, -0.25) is 0 Å². The van der Waals surface area contributed by atoms with Crippen molar-refractivity contribution < 1.29 is 0 Å². The molecule has 1 aliphatic heterocycles. The molecular formula is C10H22GeN2. The van der Waals surface area contributed by atoms with Crippen molar-refractivity contribution in [1.82, 2.24) is 7.71 Å². The van der Waals surface area contributed by atoms with Crippen molar-refractivity contribution >= 4 is 15.9 Å². The zero-order chi connectivity index (χ0) is 10.3. The van der Waals surface area contributed by atoms with Crippen LogP contribution in [0.25, 0.3) is 0 Å². The van der Waals surface area contributed by atoms with Gasteiger partial charge in [0.05, 0.1) is 0 Å². The first-order valence-corrected chi connectivity index (χ1v) is 6.90. The molecule has 0 amide bonds. The summed E-state index contributed by atoms with van der Waals surface area (Å²) >= 11 is -0.0417. The van der Waals surface area contributed by atoms with Crippen LogP contribution in [0.5, 0.6) is 0 Å². The van der Waals surface area contributed by atoms with Crippen LogP contribution in [0.3, 0.4) is 0 Å². The summed E-state index contributed by atoms with van der Waals surface area (Å²) in [5.74, 6) is 0. The fraction of sp³-hybridized carbons (Fsp3) is 1.00. The van der Waals surface area contributed by atoms with E-state index < -0.39 is 0 Å². The number of hydrogen-bond donors (Lipinski definition) is 0. The van der Waals surface area contributed by atoms with Gasteiger partial charge >= 0.3 is 89.3 Å². The molecule has 0 aliphatic carbocycles. The van der Waals surface area contributed by atoms with Gasteiger partial charge in [-0.25, -0.2) is 0 Å². The summed E-state index contributed by atoms with van der Waals surface area (Å²) in [5, 5.41) is 0. The molecule has 0 unspecified atom stereocenters. The summed E-state index contributed by atoms with van der Waals surface area (Å²) < 4.78 is 5.33. The summed E-state index contributed by atoms with van der Waals surface area (Å²) in [4.78, 5) is 0. The Bertz CT molecular complexity index is 158. The van der Waals surface area contributed by atoms with Crippen molar-refractivity contribution in [2.75, 3.05) is 13.1 Å². The first-order chi connectivity index (χ1) is 5.71. The van der Waals surface area contributed by atoms with E-state index >= 15 is 0 Å². The van der Waals surface area contributed by atoms with Crippen LogP contribution in [-0.2, 0) is 0 Å². The molecule has 0 aromatic rings. The van der Waals surface area contributed by atoms with Crippen molar-refractivity contribution in [1.29, 1.82) is 0 Å². The van der Waals surface area contributed by atoms with Gasteiger partial charge in [-0.05, 0) is 0 Å². The molecule has 0 bridgehead atoms. The van der Waals surface area contributed by atoms with Gasteiger partial charge in [-0.1, -0.05) is 0 Å². The molecule has 3 heteroatoms. The predicted octanol–water partition coefficient (Wildman–Crippen LogP) is 1.74. The molecule has 1 heterocycles. The Hall–Kier alpha value is 0.463. The molecule has 76 valence electrons. The molecule has 1 saturated heterocycles. The molecule has 0 aromatic heterocycles. The minimum absolute atomic E-state index is 0.0417. The van der Waals surface area contributed by atoms with Crippen molar-refractivity contribution in [3.63, 3.8) is 0 Å². The van der Waals surface area contributed by atoms with E-state index in [9.17, 15) is 0 Å². The topological polar surface area (TPSA) is 6.48 Å². The number of hydrogen-bond acceptors (Lipinski definition) is 2. The summed E-state index contributed by atoms with van der Waals surface area (Å²) in [6.45, 7) is 16.5. The van der Waals surface area contributed by atoms with Crippen LogP contribution in [0.1, 0.15) is 41.5 Å². The third-order valence-corrected chi connectivity index (χ3v) is 7.17. The van der Waals surface area contributed by atoms with E-state index in [0.717, 1.165) is 0 Å². The molecule has 0 aromatic carbocycles. The van der Waals surface area contributed by atoms with E-state index in [4.69, 9.17) is 0 Å². The fourth-order valence-electron chi connectivity index (χ4n) is 1.42. The Morgan fingerprint density at radius 1 is 0.769 bits per heavy atom. The SMILES string of the molecule is CC(C)(C)[N]1CC[N](C(C)(C)C)[Ge]1. The molecule has 2 radical (unpaired) electrons. The van der Waals surface area contributed by atoms with Crippen LogP contribution in [0.4, 0.5) is 0 Å². The maximum absolute atomic E-state index is 2.66. The third-order valence-electron chi connectivity index (χ3n) is 2.41. The van der Waals surface area contributed by atoms with Crippen LogP contribution in [-0.4, -0.2) is 47.8 Å². The van der Waals surface area contributed by atoms with Crippen molar-refractivity contribution in [2.24, 2.45) is 0 Å². The van der Waals surface area contributed by atoms with Gasteiger partial charge in [0.15, 0.2) is 0 Å². The van der Waals surface area contributed by atoms with E-state index in [2.05, 4.69) is 49.3 Å². The van der Waals surface area contributed by atoms with Crippen molar-refractivity contribution in [3.8, 4) is 0 Å². The van der Waals surface area contributed by atoms with Crippen LogP contribution < -0.4 is 0 Å². The molecule has 1 aliphatic rings. The second-order valence-electron chi connectivity index (χ2n) is 5.74. The molecule has 13 heavy (non-hydrogen) atoms. The third kappa shape index (κ3) is 2.96. The van der Waals surface area contributed by atoms with Crippen LogP contribution >= 0.6 is 0 Å². The first-order valence-electron chi connectivity index (χ1n) is 5.03. The zero-order valence-corrected chi connectivity index (χ0v) is 11.9. The minimum atomic E-state index is -0.0417. The fourth-order valence-corrected chi connectivity index (χ4v) is 4.13. The summed E-state index contributed by atoms with van der Waals surface area (Å²) in [7, 11) is 0. The molecule has 1 rings (SSSR count). The second-order valence-corrected chi connectivity index (χ2v) is 8.43. The normalized spacial score (nSPS) is 22.6. The monoisotopic (exact) mass is 244 g/mol. The van der Waals surface area contributed by atoms with Gasteiger partial charge in [0.1, 0.15) is 0 Å². The van der Waals surface area contributed by atoms with Gasteiger partial charge in [0.2, 0.25) is 0 Å². The Labute approximate surface area is 89.6 Å².